The van der Waals surface area contributed by atoms with E-state index >= 15 is 0 Å². The van der Waals surface area contributed by atoms with Crippen molar-refractivity contribution < 1.29 is 10.6 Å². The van der Waals surface area contributed by atoms with Gasteiger partial charge in [0.05, 0.1) is 0 Å². The van der Waals surface area contributed by atoms with E-state index in [9.17, 15) is 5.11 Å². The highest BCUT2D eigenvalue weighted by Crippen LogP contribution is 2.17. The lowest BCUT2D eigenvalue weighted by atomic mass is 10.1. The highest BCUT2D eigenvalue weighted by Gasteiger charge is 1.96. The third-order valence-corrected chi connectivity index (χ3v) is 1.79. The van der Waals surface area contributed by atoms with Gasteiger partial charge >= 0.3 is 0 Å². The molecule has 68 valence electrons. The first-order valence-corrected chi connectivity index (χ1v) is 4.11. The maximum Gasteiger partial charge on any atom is 0.118 e. The van der Waals surface area contributed by atoms with Crippen LogP contribution in [0.1, 0.15) is 25.3 Å². The van der Waals surface area contributed by atoms with E-state index < -0.39 is 0 Å². The zero-order valence-electron chi connectivity index (χ0n) is 7.38. The van der Waals surface area contributed by atoms with Gasteiger partial charge in [0.1, 0.15) is 5.75 Å². The molecule has 0 aliphatic rings. The average molecular weight is 168 g/mol. The van der Waals surface area contributed by atoms with E-state index in [4.69, 9.17) is 0 Å². The van der Waals surface area contributed by atoms with E-state index in [1.807, 2.05) is 18.2 Å². The molecule has 12 heavy (non-hydrogen) atoms. The number of benzene rings is 1. The molecule has 2 heteroatoms. The Kier molecular flexibility index (Phi) is 5.13. The molecule has 0 amide bonds. The van der Waals surface area contributed by atoms with Gasteiger partial charge in [-0.05, 0) is 24.5 Å². The van der Waals surface area contributed by atoms with E-state index in [1.165, 1.54) is 6.42 Å². The Hall–Kier alpha value is -1.02. The second kappa shape index (κ2) is 5.61. The second-order valence-corrected chi connectivity index (χ2v) is 2.73. The SMILES string of the molecule is CCCCc1ccccc1O.O. The Balaban J connectivity index is 0.00000121. The van der Waals surface area contributed by atoms with E-state index in [0.717, 1.165) is 18.4 Å². The molecule has 0 bridgehead atoms. The summed E-state index contributed by atoms with van der Waals surface area (Å²) in [5.74, 6) is 0.431. The Morgan fingerprint density at radius 1 is 1.25 bits per heavy atom. The summed E-state index contributed by atoms with van der Waals surface area (Å²) < 4.78 is 0. The molecular formula is C10H16O2. The van der Waals surface area contributed by atoms with Crippen LogP contribution in [0.5, 0.6) is 5.75 Å². The fourth-order valence-corrected chi connectivity index (χ4v) is 1.09. The Morgan fingerprint density at radius 2 is 1.92 bits per heavy atom. The molecule has 2 nitrogen and oxygen atoms in total. The van der Waals surface area contributed by atoms with Gasteiger partial charge in [0.15, 0.2) is 0 Å². The molecule has 0 aromatic heterocycles. The summed E-state index contributed by atoms with van der Waals surface area (Å²) in [6, 6.07) is 7.53. The quantitative estimate of drug-likeness (QED) is 0.736. The van der Waals surface area contributed by atoms with Crippen LogP contribution < -0.4 is 0 Å². The van der Waals surface area contributed by atoms with Gasteiger partial charge in [0.2, 0.25) is 0 Å². The summed E-state index contributed by atoms with van der Waals surface area (Å²) in [6.45, 7) is 2.15. The number of hydrogen-bond donors (Lipinski definition) is 1. The molecule has 1 aromatic carbocycles. The van der Waals surface area contributed by atoms with Crippen molar-refractivity contribution in [3.63, 3.8) is 0 Å². The van der Waals surface area contributed by atoms with Crippen LogP contribution in [0, 0.1) is 0 Å². The van der Waals surface area contributed by atoms with Crippen molar-refractivity contribution in [2.24, 2.45) is 0 Å². The molecule has 0 aliphatic heterocycles. The molecule has 1 rings (SSSR count). The molecule has 0 heterocycles. The number of para-hydroxylation sites is 1. The molecule has 0 atom stereocenters. The summed E-state index contributed by atoms with van der Waals surface area (Å²) in [5.41, 5.74) is 1.06. The number of rotatable bonds is 3. The van der Waals surface area contributed by atoms with E-state index in [-0.39, 0.29) is 5.48 Å². The standard InChI is InChI=1S/C10H14O.H2O/c1-2-3-6-9-7-4-5-8-10(9)11;/h4-5,7-8,11H,2-3,6H2,1H3;1H2. The summed E-state index contributed by atoms with van der Waals surface area (Å²) in [6.07, 6.45) is 3.31. The van der Waals surface area contributed by atoms with Gasteiger partial charge in [-0.1, -0.05) is 31.5 Å². The summed E-state index contributed by atoms with van der Waals surface area (Å²) in [7, 11) is 0. The number of aryl methyl sites for hydroxylation is 1. The van der Waals surface area contributed by atoms with E-state index in [0.29, 0.717) is 5.75 Å². The summed E-state index contributed by atoms with van der Waals surface area (Å²) in [5, 5.41) is 9.34. The van der Waals surface area contributed by atoms with Crippen molar-refractivity contribution in [1.82, 2.24) is 0 Å². The van der Waals surface area contributed by atoms with Gasteiger partial charge < -0.3 is 10.6 Å². The van der Waals surface area contributed by atoms with Crippen molar-refractivity contribution >= 4 is 0 Å². The van der Waals surface area contributed by atoms with Crippen molar-refractivity contribution in [1.29, 1.82) is 0 Å². The first kappa shape index (κ1) is 11.0. The molecule has 0 radical (unpaired) electrons. The fourth-order valence-electron chi connectivity index (χ4n) is 1.09. The van der Waals surface area contributed by atoms with Crippen LogP contribution >= 0.6 is 0 Å². The number of phenols is 1. The molecule has 0 fully saturated rings. The zero-order chi connectivity index (χ0) is 8.10. The Labute approximate surface area is 73.2 Å². The predicted octanol–water partition coefficient (Wildman–Crippen LogP) is 1.91. The van der Waals surface area contributed by atoms with Crippen molar-refractivity contribution in [3.05, 3.63) is 29.8 Å². The van der Waals surface area contributed by atoms with Crippen LogP contribution in [-0.2, 0) is 6.42 Å². The maximum atomic E-state index is 9.34. The van der Waals surface area contributed by atoms with Crippen LogP contribution in [0.2, 0.25) is 0 Å². The van der Waals surface area contributed by atoms with Gasteiger partial charge in [0, 0.05) is 0 Å². The minimum absolute atomic E-state index is 0. The number of hydrogen-bond acceptors (Lipinski definition) is 1. The van der Waals surface area contributed by atoms with Crippen LogP contribution in [-0.4, -0.2) is 10.6 Å². The molecule has 0 spiro atoms. The minimum Gasteiger partial charge on any atom is -0.508 e. The second-order valence-electron chi connectivity index (χ2n) is 2.73. The highest BCUT2D eigenvalue weighted by molar-refractivity contribution is 5.31. The molecule has 3 N–H and O–H groups in total. The van der Waals surface area contributed by atoms with Gasteiger partial charge in [-0.2, -0.15) is 0 Å². The monoisotopic (exact) mass is 168 g/mol. The lowest BCUT2D eigenvalue weighted by Crippen LogP contribution is -1.83. The van der Waals surface area contributed by atoms with Gasteiger partial charge in [0.25, 0.3) is 0 Å². The van der Waals surface area contributed by atoms with Crippen molar-refractivity contribution in [2.75, 3.05) is 0 Å². The fraction of sp³-hybridized carbons (Fsp3) is 0.400. The average Bonchev–Trinajstić information content (AvgIpc) is 2.03. The van der Waals surface area contributed by atoms with Gasteiger partial charge in [-0.3, -0.25) is 0 Å². The molecule has 0 unspecified atom stereocenters. The number of aromatic hydroxyl groups is 1. The molecule has 1 aromatic rings. The summed E-state index contributed by atoms with van der Waals surface area (Å²) in [4.78, 5) is 0. The zero-order valence-corrected chi connectivity index (χ0v) is 7.38. The van der Waals surface area contributed by atoms with Crippen LogP contribution in [0.15, 0.2) is 24.3 Å². The third kappa shape index (κ3) is 2.93. The Bertz CT molecular complexity index is 221. The van der Waals surface area contributed by atoms with Crippen LogP contribution in [0.3, 0.4) is 0 Å². The molecule has 0 aliphatic carbocycles. The predicted molar refractivity (Wildman–Crippen MR) is 50.3 cm³/mol. The normalized spacial score (nSPS) is 9.08. The van der Waals surface area contributed by atoms with Crippen LogP contribution in [0.4, 0.5) is 0 Å². The van der Waals surface area contributed by atoms with Crippen LogP contribution in [0.25, 0.3) is 0 Å². The first-order chi connectivity index (χ1) is 5.34. The number of unbranched alkanes of at least 4 members (excludes halogenated alkanes) is 1. The minimum atomic E-state index is 0. The summed E-state index contributed by atoms with van der Waals surface area (Å²) >= 11 is 0. The topological polar surface area (TPSA) is 51.7 Å². The third-order valence-electron chi connectivity index (χ3n) is 1.79. The van der Waals surface area contributed by atoms with E-state index in [1.54, 1.807) is 6.07 Å². The molecular weight excluding hydrogens is 152 g/mol. The smallest absolute Gasteiger partial charge is 0.118 e. The lowest BCUT2D eigenvalue weighted by Gasteiger charge is -2.01. The van der Waals surface area contributed by atoms with Crippen molar-refractivity contribution in [3.8, 4) is 5.75 Å². The Morgan fingerprint density at radius 3 is 2.50 bits per heavy atom. The van der Waals surface area contributed by atoms with Gasteiger partial charge in [-0.15, -0.1) is 0 Å². The van der Waals surface area contributed by atoms with E-state index in [2.05, 4.69) is 6.92 Å². The molecule has 0 saturated carbocycles. The van der Waals surface area contributed by atoms with Crippen molar-refractivity contribution in [2.45, 2.75) is 26.2 Å². The lowest BCUT2D eigenvalue weighted by molar-refractivity contribution is 0.467. The highest BCUT2D eigenvalue weighted by atomic mass is 16.3. The number of phenolic OH excluding ortho intramolecular Hbond substituents is 1. The maximum absolute atomic E-state index is 9.34. The first-order valence-electron chi connectivity index (χ1n) is 4.11. The van der Waals surface area contributed by atoms with Gasteiger partial charge in [-0.25, -0.2) is 0 Å². The largest absolute Gasteiger partial charge is 0.508 e. The molecule has 0 saturated heterocycles.